The third kappa shape index (κ3) is 5.58. The number of nitrogens with zero attached hydrogens (tertiary/aromatic N) is 1. The van der Waals surface area contributed by atoms with E-state index in [-0.39, 0.29) is 29.2 Å². The van der Waals surface area contributed by atoms with Gasteiger partial charge in [0.1, 0.15) is 11.3 Å². The maximum Gasteiger partial charge on any atom is 0.416 e. The molecule has 2 heterocycles. The smallest absolute Gasteiger partial charge is 0.331 e. The number of piperidine rings is 1. The van der Waals surface area contributed by atoms with Crippen molar-refractivity contribution in [3.05, 3.63) is 71.0 Å². The second kappa shape index (κ2) is 9.18. The Morgan fingerprint density at radius 3 is 2.61 bits per heavy atom. The zero-order valence-electron chi connectivity index (χ0n) is 16.7. The van der Waals surface area contributed by atoms with Crippen molar-refractivity contribution in [3.8, 4) is 0 Å². The van der Waals surface area contributed by atoms with Crippen LogP contribution in [-0.2, 0) is 23.3 Å². The molecule has 4 rings (SSSR count). The molecule has 0 aliphatic carbocycles. The molecule has 2 aliphatic rings. The van der Waals surface area contributed by atoms with Crippen molar-refractivity contribution in [3.63, 3.8) is 0 Å². The molecule has 2 fully saturated rings. The van der Waals surface area contributed by atoms with Crippen LogP contribution in [0.3, 0.4) is 0 Å². The van der Waals surface area contributed by atoms with Gasteiger partial charge in [0.05, 0.1) is 11.5 Å². The van der Waals surface area contributed by atoms with Gasteiger partial charge < -0.3 is 5.32 Å². The summed E-state index contributed by atoms with van der Waals surface area (Å²) in [5.74, 6) is -0.156. The van der Waals surface area contributed by atoms with Gasteiger partial charge in [-0.05, 0) is 35.7 Å². The minimum absolute atomic E-state index is 0.0252. The number of hydrogen-bond acceptors (Lipinski definition) is 4. The second-order valence-electron chi connectivity index (χ2n) is 7.93. The number of rotatable bonds is 5. The SMILES string of the molecule is O=C1NC(SCc2cccc(C(F)(F)F)c2)NC2CCN(Cc3ccc(F)cc3)CC12. The van der Waals surface area contributed by atoms with Gasteiger partial charge in [-0.3, -0.25) is 15.0 Å². The molecule has 9 heteroatoms. The van der Waals surface area contributed by atoms with Crippen LogP contribution in [-0.4, -0.2) is 35.4 Å². The van der Waals surface area contributed by atoms with Crippen LogP contribution in [0.1, 0.15) is 23.1 Å². The highest BCUT2D eigenvalue weighted by atomic mass is 32.2. The van der Waals surface area contributed by atoms with Crippen LogP contribution >= 0.6 is 11.8 Å². The number of likely N-dealkylation sites (tertiary alicyclic amines) is 1. The Morgan fingerprint density at radius 2 is 1.87 bits per heavy atom. The van der Waals surface area contributed by atoms with Gasteiger partial charge in [-0.1, -0.05) is 30.3 Å². The maximum atomic E-state index is 13.1. The predicted octanol–water partition coefficient (Wildman–Crippen LogP) is 3.97. The lowest BCUT2D eigenvalue weighted by Gasteiger charge is -2.43. The zero-order chi connectivity index (χ0) is 22.0. The van der Waals surface area contributed by atoms with E-state index in [1.165, 1.54) is 30.0 Å². The summed E-state index contributed by atoms with van der Waals surface area (Å²) in [4.78, 5) is 14.9. The molecular weight excluding hydrogens is 430 g/mol. The number of alkyl halides is 3. The van der Waals surface area contributed by atoms with E-state index in [0.717, 1.165) is 30.7 Å². The van der Waals surface area contributed by atoms with Gasteiger partial charge >= 0.3 is 6.18 Å². The Labute approximate surface area is 182 Å². The Hall–Kier alpha value is -2.10. The molecule has 4 nitrogen and oxygen atoms in total. The number of carbonyl (C=O) groups is 1. The zero-order valence-corrected chi connectivity index (χ0v) is 17.5. The quantitative estimate of drug-likeness (QED) is 0.673. The molecule has 31 heavy (non-hydrogen) atoms. The Balaban J connectivity index is 1.31. The van der Waals surface area contributed by atoms with Gasteiger partial charge in [-0.15, -0.1) is 11.8 Å². The summed E-state index contributed by atoms with van der Waals surface area (Å²) in [6, 6.07) is 11.7. The number of fused-ring (bicyclic) bond motifs is 1. The molecule has 1 amide bonds. The molecule has 0 radical (unpaired) electrons. The van der Waals surface area contributed by atoms with Crippen molar-refractivity contribution in [2.45, 2.75) is 36.4 Å². The van der Waals surface area contributed by atoms with Crippen molar-refractivity contribution in [1.29, 1.82) is 0 Å². The van der Waals surface area contributed by atoms with Crippen molar-refractivity contribution < 1.29 is 22.4 Å². The van der Waals surface area contributed by atoms with E-state index in [1.807, 2.05) is 0 Å². The van der Waals surface area contributed by atoms with Crippen LogP contribution in [0.25, 0.3) is 0 Å². The summed E-state index contributed by atoms with van der Waals surface area (Å²) >= 11 is 1.37. The van der Waals surface area contributed by atoms with Gasteiger partial charge in [-0.2, -0.15) is 13.2 Å². The topological polar surface area (TPSA) is 44.4 Å². The second-order valence-corrected chi connectivity index (χ2v) is 9.02. The fourth-order valence-corrected chi connectivity index (χ4v) is 5.06. The number of benzene rings is 2. The first kappa shape index (κ1) is 22.1. The fraction of sp³-hybridized carbons (Fsp3) is 0.409. The minimum Gasteiger partial charge on any atom is -0.331 e. The molecule has 3 unspecified atom stereocenters. The highest BCUT2D eigenvalue weighted by molar-refractivity contribution is 7.99. The summed E-state index contributed by atoms with van der Waals surface area (Å²) in [6.45, 7) is 2.07. The molecule has 3 atom stereocenters. The largest absolute Gasteiger partial charge is 0.416 e. The van der Waals surface area contributed by atoms with E-state index in [1.54, 1.807) is 18.2 Å². The maximum absolute atomic E-state index is 13.1. The molecule has 2 N–H and O–H groups in total. The van der Waals surface area contributed by atoms with Crippen LogP contribution < -0.4 is 10.6 Å². The summed E-state index contributed by atoms with van der Waals surface area (Å²) in [7, 11) is 0. The first-order valence-electron chi connectivity index (χ1n) is 10.1. The monoisotopic (exact) mass is 453 g/mol. The van der Waals surface area contributed by atoms with Gasteiger partial charge in [-0.25, -0.2) is 4.39 Å². The van der Waals surface area contributed by atoms with Gasteiger partial charge in [0.15, 0.2) is 0 Å². The van der Waals surface area contributed by atoms with Crippen LogP contribution in [0.5, 0.6) is 0 Å². The minimum atomic E-state index is -4.37. The van der Waals surface area contributed by atoms with Crippen LogP contribution in [0.2, 0.25) is 0 Å². The summed E-state index contributed by atoms with van der Waals surface area (Å²) in [6.07, 6.45) is -3.58. The highest BCUT2D eigenvalue weighted by Gasteiger charge is 2.40. The number of nitrogens with one attached hydrogen (secondary N) is 2. The number of carbonyl (C=O) groups excluding carboxylic acids is 1. The normalized spacial score (nSPS) is 24.5. The number of halogens is 4. The summed E-state index contributed by atoms with van der Waals surface area (Å²) in [5, 5.41) is 6.36. The molecular formula is C22H23F4N3OS. The van der Waals surface area contributed by atoms with Gasteiger partial charge in [0.25, 0.3) is 0 Å². The third-order valence-electron chi connectivity index (χ3n) is 5.66. The average molecular weight is 454 g/mol. The van der Waals surface area contributed by atoms with Crippen LogP contribution in [0, 0.1) is 11.7 Å². The van der Waals surface area contributed by atoms with E-state index in [4.69, 9.17) is 0 Å². The molecule has 2 aromatic carbocycles. The lowest BCUT2D eigenvalue weighted by molar-refractivity contribution is -0.137. The lowest BCUT2D eigenvalue weighted by atomic mass is 9.89. The summed E-state index contributed by atoms with van der Waals surface area (Å²) < 4.78 is 51.8. The van der Waals surface area contributed by atoms with Crippen molar-refractivity contribution >= 4 is 17.7 Å². The standard InChI is InChI=1S/C22H23F4N3OS/c23-17-6-4-14(5-7-17)11-29-9-8-19-18(12-29)20(30)28-21(27-19)31-13-15-2-1-3-16(10-15)22(24,25)26/h1-7,10,18-19,21,27H,8-9,11-13H2,(H,28,30). The van der Waals surface area contributed by atoms with Crippen LogP contribution in [0.15, 0.2) is 48.5 Å². The van der Waals surface area contributed by atoms with Crippen molar-refractivity contribution in [2.24, 2.45) is 5.92 Å². The molecule has 0 spiro atoms. The molecule has 0 aromatic heterocycles. The fourth-order valence-electron chi connectivity index (χ4n) is 4.06. The average Bonchev–Trinajstić information content (AvgIpc) is 2.74. The highest BCUT2D eigenvalue weighted by Crippen LogP contribution is 2.31. The number of thioether (sulfide) groups is 1. The van der Waals surface area contributed by atoms with E-state index >= 15 is 0 Å². The van der Waals surface area contributed by atoms with E-state index in [9.17, 15) is 22.4 Å². The molecule has 2 aromatic rings. The lowest BCUT2D eigenvalue weighted by Crippen LogP contribution is -2.64. The molecule has 166 valence electrons. The van der Waals surface area contributed by atoms with Crippen molar-refractivity contribution in [2.75, 3.05) is 13.1 Å². The van der Waals surface area contributed by atoms with Gasteiger partial charge in [0.2, 0.25) is 5.91 Å². The molecule has 0 saturated carbocycles. The molecule has 2 aliphatic heterocycles. The Kier molecular flexibility index (Phi) is 6.55. The molecule has 2 saturated heterocycles. The van der Waals surface area contributed by atoms with Gasteiger partial charge in [0, 0.05) is 31.4 Å². The number of hydrogen-bond donors (Lipinski definition) is 2. The van der Waals surface area contributed by atoms with E-state index in [2.05, 4.69) is 15.5 Å². The van der Waals surface area contributed by atoms with E-state index in [0.29, 0.717) is 24.4 Å². The predicted molar refractivity (Wildman–Crippen MR) is 111 cm³/mol. The first-order valence-corrected chi connectivity index (χ1v) is 11.1. The summed E-state index contributed by atoms with van der Waals surface area (Å²) in [5.41, 5.74) is 0.553. The first-order chi connectivity index (χ1) is 14.8. The van der Waals surface area contributed by atoms with Crippen LogP contribution in [0.4, 0.5) is 17.6 Å². The van der Waals surface area contributed by atoms with E-state index < -0.39 is 11.7 Å². The molecule has 0 bridgehead atoms. The van der Waals surface area contributed by atoms with Crippen molar-refractivity contribution in [1.82, 2.24) is 15.5 Å². The number of amides is 1. The Morgan fingerprint density at radius 1 is 1.10 bits per heavy atom. The Bertz CT molecular complexity index is 922. The third-order valence-corrected chi connectivity index (χ3v) is 6.75.